The van der Waals surface area contributed by atoms with E-state index in [-0.39, 0.29) is 39.5 Å². The number of nitrogens with zero attached hydrogens (tertiary/aromatic N) is 2. The summed E-state index contributed by atoms with van der Waals surface area (Å²) in [5.74, 6) is -0.457. The van der Waals surface area contributed by atoms with Crippen LogP contribution in [-0.2, 0) is 13.1 Å². The quantitative estimate of drug-likeness (QED) is 0.315. The Kier molecular flexibility index (Phi) is 6.20. The lowest BCUT2D eigenvalue weighted by Gasteiger charge is -2.27. The smallest absolute Gasteiger partial charge is 0.251 e. The zero-order chi connectivity index (χ0) is 25.7. The van der Waals surface area contributed by atoms with Gasteiger partial charge in [0.15, 0.2) is 0 Å². The summed E-state index contributed by atoms with van der Waals surface area (Å²) in [5.41, 5.74) is 1.93. The fourth-order valence-corrected chi connectivity index (χ4v) is 4.79. The highest BCUT2D eigenvalue weighted by atomic mass is 19.1. The second kappa shape index (κ2) is 8.74. The summed E-state index contributed by atoms with van der Waals surface area (Å²) in [4.78, 5) is 23.8. The molecule has 4 aromatic rings. The predicted molar refractivity (Wildman–Crippen MR) is 138 cm³/mol. The average Bonchev–Trinajstić information content (AvgIpc) is 3.18. The summed E-state index contributed by atoms with van der Waals surface area (Å²) in [7, 11) is 0. The Morgan fingerprint density at radius 3 is 2.09 bits per heavy atom. The Bertz CT molecular complexity index is 1540. The maximum absolute atomic E-state index is 14.1. The van der Waals surface area contributed by atoms with Gasteiger partial charge in [-0.1, -0.05) is 41.5 Å². The van der Waals surface area contributed by atoms with Crippen molar-refractivity contribution in [3.63, 3.8) is 0 Å². The molecule has 6 heteroatoms. The number of halogens is 2. The first-order chi connectivity index (χ1) is 16.3. The Labute approximate surface area is 203 Å². The molecule has 1 atom stereocenters. The van der Waals surface area contributed by atoms with E-state index in [0.29, 0.717) is 24.2 Å². The third-order valence-electron chi connectivity index (χ3n) is 6.48. The van der Waals surface area contributed by atoms with Gasteiger partial charge >= 0.3 is 0 Å². The number of pyridine rings is 2. The second-order valence-electron chi connectivity index (χ2n) is 11.6. The number of fused-ring (bicyclic) bond motifs is 1. The van der Waals surface area contributed by atoms with Crippen molar-refractivity contribution in [1.82, 2.24) is 9.13 Å². The Morgan fingerprint density at radius 1 is 0.829 bits per heavy atom. The van der Waals surface area contributed by atoms with E-state index in [1.165, 1.54) is 24.3 Å². The molecule has 1 aliphatic heterocycles. The van der Waals surface area contributed by atoms with Crippen molar-refractivity contribution in [3.8, 4) is 0 Å². The van der Waals surface area contributed by atoms with Crippen LogP contribution in [0.1, 0.15) is 53.0 Å². The summed E-state index contributed by atoms with van der Waals surface area (Å²) < 4.78 is 30.8. The van der Waals surface area contributed by atoms with Gasteiger partial charge in [-0.25, -0.2) is 8.78 Å². The van der Waals surface area contributed by atoms with E-state index >= 15 is 0 Å². The average molecular weight is 479 g/mol. The molecule has 0 fully saturated rings. The molecule has 0 spiro atoms. The summed E-state index contributed by atoms with van der Waals surface area (Å²) in [6, 6.07) is 14.4. The first kappa shape index (κ1) is 24.8. The van der Waals surface area contributed by atoms with Gasteiger partial charge in [0.05, 0.1) is 11.0 Å². The highest BCUT2D eigenvalue weighted by Crippen LogP contribution is 2.44. The topological polar surface area (TPSA) is 44.0 Å². The van der Waals surface area contributed by atoms with Crippen LogP contribution >= 0.6 is 0 Å². The number of rotatable bonds is 1. The first-order valence-corrected chi connectivity index (χ1v) is 11.9. The number of aromatic nitrogens is 2. The van der Waals surface area contributed by atoms with Crippen molar-refractivity contribution in [1.29, 1.82) is 0 Å². The third-order valence-corrected chi connectivity index (χ3v) is 6.48. The molecule has 0 N–H and O–H groups in total. The summed E-state index contributed by atoms with van der Waals surface area (Å²) in [6.07, 6.45) is 0. The molecule has 0 bridgehead atoms. The summed E-state index contributed by atoms with van der Waals surface area (Å²) in [6.45, 7) is 13.6. The molecule has 0 saturated heterocycles. The molecule has 5 rings (SSSR count). The van der Waals surface area contributed by atoms with Crippen molar-refractivity contribution in [2.45, 2.75) is 60.5 Å². The maximum Gasteiger partial charge on any atom is 0.251 e. The minimum atomic E-state index is -0.314. The van der Waals surface area contributed by atoms with Gasteiger partial charge in [0.2, 0.25) is 0 Å². The molecule has 0 saturated carbocycles. The highest BCUT2D eigenvalue weighted by molar-refractivity contribution is 5.84. The van der Waals surface area contributed by atoms with E-state index in [1.54, 1.807) is 39.5 Å². The first-order valence-electron chi connectivity index (χ1n) is 11.9. The molecule has 4 nitrogen and oxygen atoms in total. The van der Waals surface area contributed by atoms with Gasteiger partial charge in [-0.3, -0.25) is 9.59 Å². The van der Waals surface area contributed by atoms with E-state index < -0.39 is 0 Å². The van der Waals surface area contributed by atoms with Gasteiger partial charge < -0.3 is 9.13 Å². The molecule has 2 aromatic heterocycles. The molecule has 0 amide bonds. The molecule has 1 aliphatic rings. The van der Waals surface area contributed by atoms with Crippen molar-refractivity contribution in [2.24, 2.45) is 10.8 Å². The van der Waals surface area contributed by atoms with E-state index in [1.807, 2.05) is 0 Å². The van der Waals surface area contributed by atoms with E-state index in [4.69, 9.17) is 0 Å². The fourth-order valence-electron chi connectivity index (χ4n) is 4.79. The van der Waals surface area contributed by atoms with Crippen LogP contribution < -0.4 is 11.1 Å². The highest BCUT2D eigenvalue weighted by Gasteiger charge is 2.36. The SMILES string of the molecule is CC(C)(C)C1Cn2c(=O)ccc3ccc(F)c1c32.CC(C)(C)Cn1c(=O)ccc2ccc(F)cc21. The molecule has 184 valence electrons. The zero-order valence-corrected chi connectivity index (χ0v) is 21.2. The predicted octanol–water partition coefficient (Wildman–Crippen LogP) is 6.47. The maximum atomic E-state index is 14.1. The lowest BCUT2D eigenvalue weighted by atomic mass is 9.77. The van der Waals surface area contributed by atoms with Crippen LogP contribution in [0.15, 0.2) is 64.2 Å². The lowest BCUT2D eigenvalue weighted by molar-refractivity contribution is 0.298. The number of hydrogen-bond acceptors (Lipinski definition) is 2. The van der Waals surface area contributed by atoms with Crippen LogP contribution in [0.25, 0.3) is 21.8 Å². The Hall–Kier alpha value is -3.28. The molecular weight excluding hydrogens is 446 g/mol. The van der Waals surface area contributed by atoms with Crippen molar-refractivity contribution < 1.29 is 8.78 Å². The lowest BCUT2D eigenvalue weighted by Crippen LogP contribution is -2.26. The molecule has 0 aliphatic carbocycles. The largest absolute Gasteiger partial charge is 0.308 e. The van der Waals surface area contributed by atoms with Gasteiger partial charge in [-0.2, -0.15) is 0 Å². The monoisotopic (exact) mass is 478 g/mol. The summed E-state index contributed by atoms with van der Waals surface area (Å²) >= 11 is 0. The van der Waals surface area contributed by atoms with Crippen molar-refractivity contribution in [3.05, 3.63) is 92.5 Å². The standard InChI is InChI=1S/C15H16FNO.C14H16FNO/c1-15(2,3)10-8-17-12(18)7-5-9-4-6-11(16)13(10)14(9)17;1-14(2,3)9-16-12-8-11(15)6-4-10(12)5-7-13(16)17/h4-7,10H,8H2,1-3H3;4-8H,9H2,1-3H3. The van der Waals surface area contributed by atoms with Crippen LogP contribution in [0.4, 0.5) is 8.78 Å². The minimum Gasteiger partial charge on any atom is -0.308 e. The molecule has 35 heavy (non-hydrogen) atoms. The Balaban J connectivity index is 0.000000165. The van der Waals surface area contributed by atoms with Gasteiger partial charge in [-0.05, 0) is 64.1 Å². The second-order valence-corrected chi connectivity index (χ2v) is 11.6. The molecule has 1 unspecified atom stereocenters. The molecular formula is C29H32F2N2O2. The van der Waals surface area contributed by atoms with E-state index in [2.05, 4.69) is 41.5 Å². The van der Waals surface area contributed by atoms with Crippen LogP contribution in [0.5, 0.6) is 0 Å². The minimum absolute atomic E-state index is 0.0234. The molecule has 0 radical (unpaired) electrons. The van der Waals surface area contributed by atoms with E-state index in [9.17, 15) is 18.4 Å². The van der Waals surface area contributed by atoms with Gasteiger partial charge in [0.1, 0.15) is 11.6 Å². The van der Waals surface area contributed by atoms with Gasteiger partial charge in [-0.15, -0.1) is 0 Å². The van der Waals surface area contributed by atoms with Crippen molar-refractivity contribution >= 4 is 21.8 Å². The number of hydrogen-bond donors (Lipinski definition) is 0. The van der Waals surface area contributed by atoms with Crippen LogP contribution in [-0.4, -0.2) is 9.13 Å². The summed E-state index contributed by atoms with van der Waals surface area (Å²) in [5, 5.41) is 1.83. The third kappa shape index (κ3) is 4.93. The van der Waals surface area contributed by atoms with Crippen molar-refractivity contribution in [2.75, 3.05) is 0 Å². The van der Waals surface area contributed by atoms with Crippen LogP contribution in [0.2, 0.25) is 0 Å². The fraction of sp³-hybridized carbons (Fsp3) is 0.379. The van der Waals surface area contributed by atoms with Crippen LogP contribution in [0.3, 0.4) is 0 Å². The normalized spacial score (nSPS) is 15.4. The molecule has 3 heterocycles. The molecule has 2 aromatic carbocycles. The van der Waals surface area contributed by atoms with Gasteiger partial charge in [0, 0.05) is 36.7 Å². The number of benzene rings is 2. The van der Waals surface area contributed by atoms with Gasteiger partial charge in [0.25, 0.3) is 11.1 Å². The van der Waals surface area contributed by atoms with E-state index in [0.717, 1.165) is 16.3 Å². The van der Waals surface area contributed by atoms with Crippen LogP contribution in [0, 0.1) is 22.5 Å². The zero-order valence-electron chi connectivity index (χ0n) is 21.2. The Morgan fingerprint density at radius 2 is 1.43 bits per heavy atom.